The Bertz CT molecular complexity index is 1220. The Morgan fingerprint density at radius 2 is 1.74 bits per heavy atom. The maximum Gasteiger partial charge on any atom is 0.326 e. The lowest BCUT2D eigenvalue weighted by atomic mass is 9.87. The molecule has 0 saturated heterocycles. The van der Waals surface area contributed by atoms with Crippen molar-refractivity contribution in [2.75, 3.05) is 0 Å². The van der Waals surface area contributed by atoms with Gasteiger partial charge in [-0.05, 0) is 66.5 Å². The summed E-state index contributed by atoms with van der Waals surface area (Å²) in [6, 6.07) is 14.3. The summed E-state index contributed by atoms with van der Waals surface area (Å²) in [6.07, 6.45) is 0.766. The molecule has 0 aliphatic carbocycles. The molecule has 3 rings (SSSR count). The number of nitrogens with zero attached hydrogens (tertiary/aromatic N) is 1. The van der Waals surface area contributed by atoms with Crippen LogP contribution in [0.3, 0.4) is 0 Å². The van der Waals surface area contributed by atoms with E-state index in [0.29, 0.717) is 17.7 Å². The quantitative estimate of drug-likeness (QED) is 0.400. The number of rotatable bonds is 8. The minimum atomic E-state index is -1.11. The smallest absolute Gasteiger partial charge is 0.326 e. The van der Waals surface area contributed by atoms with E-state index in [1.165, 1.54) is 5.56 Å². The van der Waals surface area contributed by atoms with E-state index in [0.717, 1.165) is 22.2 Å². The van der Waals surface area contributed by atoms with Gasteiger partial charge in [-0.1, -0.05) is 51.5 Å². The summed E-state index contributed by atoms with van der Waals surface area (Å²) < 4.78 is 6.07. The fourth-order valence-corrected chi connectivity index (χ4v) is 3.69. The number of aliphatic carboxylic acids is 1. The Morgan fingerprint density at radius 1 is 1.09 bits per heavy atom. The van der Waals surface area contributed by atoms with Gasteiger partial charge in [-0.2, -0.15) is 0 Å². The maximum atomic E-state index is 12.8. The summed E-state index contributed by atoms with van der Waals surface area (Å²) in [7, 11) is 0. The van der Waals surface area contributed by atoms with Gasteiger partial charge in [-0.25, -0.2) is 9.78 Å². The number of carboxylic acids is 1. The molecule has 1 unspecified atom stereocenters. The molecule has 0 aliphatic rings. The second-order valence-corrected chi connectivity index (χ2v) is 9.59. The Kier molecular flexibility index (Phi) is 7.40. The van der Waals surface area contributed by atoms with Crippen molar-refractivity contribution in [3.63, 3.8) is 0 Å². The van der Waals surface area contributed by atoms with Gasteiger partial charge in [0.2, 0.25) is 0 Å². The SMILES string of the molecule is C=C(C)CC(NC(=O)c1cc2ccc(Oc3ccc(C(C)(C)C)cc3)cc2c(CC)n1)C(=O)O. The van der Waals surface area contributed by atoms with Crippen molar-refractivity contribution in [1.29, 1.82) is 0 Å². The van der Waals surface area contributed by atoms with E-state index >= 15 is 0 Å². The van der Waals surface area contributed by atoms with Crippen molar-refractivity contribution >= 4 is 22.6 Å². The average Bonchev–Trinajstić information content (AvgIpc) is 2.77. The second kappa shape index (κ2) is 10.1. The normalized spacial score (nSPS) is 12.3. The van der Waals surface area contributed by atoms with Crippen molar-refractivity contribution in [2.24, 2.45) is 0 Å². The molecular formula is C28H32N2O4. The van der Waals surface area contributed by atoms with E-state index in [1.54, 1.807) is 13.0 Å². The third-order valence-electron chi connectivity index (χ3n) is 5.56. The zero-order valence-corrected chi connectivity index (χ0v) is 20.4. The van der Waals surface area contributed by atoms with Crippen LogP contribution in [-0.2, 0) is 16.6 Å². The Labute approximate surface area is 200 Å². The van der Waals surface area contributed by atoms with Gasteiger partial charge >= 0.3 is 5.97 Å². The molecule has 0 radical (unpaired) electrons. The van der Waals surface area contributed by atoms with E-state index < -0.39 is 17.9 Å². The first-order valence-electron chi connectivity index (χ1n) is 11.4. The summed E-state index contributed by atoms with van der Waals surface area (Å²) in [5.41, 5.74) is 2.90. The lowest BCUT2D eigenvalue weighted by Gasteiger charge is -2.19. The third-order valence-corrected chi connectivity index (χ3v) is 5.56. The summed E-state index contributed by atoms with van der Waals surface area (Å²) in [5.74, 6) is -0.210. The fourth-order valence-electron chi connectivity index (χ4n) is 3.69. The lowest BCUT2D eigenvalue weighted by molar-refractivity contribution is -0.139. The molecule has 3 aromatic rings. The van der Waals surface area contributed by atoms with Crippen molar-refractivity contribution < 1.29 is 19.4 Å². The molecular weight excluding hydrogens is 428 g/mol. The number of benzene rings is 2. The van der Waals surface area contributed by atoms with Crippen molar-refractivity contribution in [3.8, 4) is 11.5 Å². The number of carboxylic acid groups (broad SMARTS) is 1. The highest BCUT2D eigenvalue weighted by molar-refractivity contribution is 5.99. The van der Waals surface area contributed by atoms with Crippen LogP contribution in [0, 0.1) is 0 Å². The highest BCUT2D eigenvalue weighted by atomic mass is 16.5. The highest BCUT2D eigenvalue weighted by Crippen LogP contribution is 2.30. The molecule has 0 bridgehead atoms. The number of nitrogens with one attached hydrogen (secondary N) is 1. The number of carbonyl (C=O) groups is 2. The number of hydrogen-bond donors (Lipinski definition) is 2. The Morgan fingerprint density at radius 3 is 2.29 bits per heavy atom. The Balaban J connectivity index is 1.86. The van der Waals surface area contributed by atoms with Crippen LogP contribution in [0.25, 0.3) is 10.8 Å². The van der Waals surface area contributed by atoms with Gasteiger partial charge < -0.3 is 15.2 Å². The predicted molar refractivity (Wildman–Crippen MR) is 135 cm³/mol. The lowest BCUT2D eigenvalue weighted by Crippen LogP contribution is -2.41. The predicted octanol–water partition coefficient (Wildman–Crippen LogP) is 6.04. The molecule has 1 amide bonds. The molecule has 0 saturated carbocycles. The second-order valence-electron chi connectivity index (χ2n) is 9.59. The fraction of sp³-hybridized carbons (Fsp3) is 0.321. The van der Waals surface area contributed by atoms with Crippen LogP contribution in [0.1, 0.15) is 62.8 Å². The summed E-state index contributed by atoms with van der Waals surface area (Å²) >= 11 is 0. The number of aromatic nitrogens is 1. The molecule has 6 heteroatoms. The van der Waals surface area contributed by atoms with Crippen molar-refractivity contribution in [1.82, 2.24) is 10.3 Å². The first-order chi connectivity index (χ1) is 16.0. The minimum Gasteiger partial charge on any atom is -0.480 e. The molecule has 6 nitrogen and oxygen atoms in total. The Hall–Kier alpha value is -3.67. The number of hydrogen-bond acceptors (Lipinski definition) is 4. The van der Waals surface area contributed by atoms with E-state index in [1.807, 2.05) is 37.3 Å². The van der Waals surface area contributed by atoms with Crippen LogP contribution < -0.4 is 10.1 Å². The summed E-state index contributed by atoms with van der Waals surface area (Å²) in [6.45, 7) is 13.9. The monoisotopic (exact) mass is 460 g/mol. The van der Waals surface area contributed by atoms with Crippen LogP contribution in [0.15, 0.2) is 60.7 Å². The zero-order chi connectivity index (χ0) is 25.0. The van der Waals surface area contributed by atoms with E-state index in [4.69, 9.17) is 4.74 Å². The largest absolute Gasteiger partial charge is 0.480 e. The summed E-state index contributed by atoms with van der Waals surface area (Å²) in [5, 5.41) is 13.7. The molecule has 0 fully saturated rings. The van der Waals surface area contributed by atoms with Gasteiger partial charge in [0.1, 0.15) is 23.2 Å². The van der Waals surface area contributed by atoms with E-state index in [2.05, 4.69) is 49.8 Å². The number of aryl methyl sites for hydroxylation is 1. The van der Waals surface area contributed by atoms with Crippen LogP contribution in [0.4, 0.5) is 0 Å². The molecule has 2 N–H and O–H groups in total. The third kappa shape index (κ3) is 6.01. The van der Waals surface area contributed by atoms with E-state index in [-0.39, 0.29) is 17.5 Å². The van der Waals surface area contributed by atoms with Crippen LogP contribution in [0.5, 0.6) is 11.5 Å². The molecule has 1 atom stereocenters. The molecule has 2 aromatic carbocycles. The van der Waals surface area contributed by atoms with Crippen LogP contribution in [0.2, 0.25) is 0 Å². The zero-order valence-electron chi connectivity index (χ0n) is 20.4. The van der Waals surface area contributed by atoms with E-state index in [9.17, 15) is 14.7 Å². The van der Waals surface area contributed by atoms with Gasteiger partial charge in [-0.3, -0.25) is 4.79 Å². The van der Waals surface area contributed by atoms with Gasteiger partial charge in [0.15, 0.2) is 0 Å². The number of ether oxygens (including phenoxy) is 1. The van der Waals surface area contributed by atoms with Crippen molar-refractivity contribution in [3.05, 3.63) is 77.6 Å². The molecule has 34 heavy (non-hydrogen) atoms. The number of fused-ring (bicyclic) bond motifs is 1. The average molecular weight is 461 g/mol. The number of amides is 1. The molecule has 1 aromatic heterocycles. The van der Waals surface area contributed by atoms with Gasteiger partial charge in [0.25, 0.3) is 5.91 Å². The first kappa shape index (κ1) is 25.0. The molecule has 1 heterocycles. The molecule has 0 aliphatic heterocycles. The molecule has 0 spiro atoms. The number of pyridine rings is 1. The van der Waals surface area contributed by atoms with Crippen LogP contribution >= 0.6 is 0 Å². The topological polar surface area (TPSA) is 88.5 Å². The van der Waals surface area contributed by atoms with Crippen molar-refractivity contribution in [2.45, 2.75) is 58.9 Å². The molecule has 178 valence electrons. The standard InChI is InChI=1S/C28H32N2O4/c1-7-23-22-16-21(34-20-12-9-19(10-13-20)28(4,5)6)11-8-18(22)15-24(29-23)26(31)30-25(27(32)33)14-17(2)3/h8-13,15-16,25H,2,7,14H2,1,3-6H3,(H,30,31)(H,32,33). The van der Waals surface area contributed by atoms with Crippen LogP contribution in [-0.4, -0.2) is 28.0 Å². The first-order valence-corrected chi connectivity index (χ1v) is 11.4. The van der Waals surface area contributed by atoms with Gasteiger partial charge in [-0.15, -0.1) is 6.58 Å². The van der Waals surface area contributed by atoms with Gasteiger partial charge in [0, 0.05) is 11.1 Å². The maximum absolute atomic E-state index is 12.8. The summed E-state index contributed by atoms with van der Waals surface area (Å²) in [4.78, 5) is 28.8. The highest BCUT2D eigenvalue weighted by Gasteiger charge is 2.22. The minimum absolute atomic E-state index is 0.0716. The number of carbonyl (C=O) groups excluding carboxylic acids is 1. The van der Waals surface area contributed by atoms with Gasteiger partial charge in [0.05, 0.1) is 0 Å².